The maximum Gasteiger partial charge on any atom is 0.0541 e. The molecule has 0 saturated carbocycles. The van der Waals surface area contributed by atoms with Gasteiger partial charge in [-0.15, -0.1) is 0 Å². The van der Waals surface area contributed by atoms with Gasteiger partial charge < -0.3 is 9.13 Å². The molecule has 0 spiro atoms. The first kappa shape index (κ1) is 34.6. The molecule has 0 fully saturated rings. The third-order valence-electron chi connectivity index (χ3n) is 13.2. The van der Waals surface area contributed by atoms with Crippen molar-refractivity contribution in [1.29, 1.82) is 0 Å². The zero-order valence-electron chi connectivity index (χ0n) is 33.9. The van der Waals surface area contributed by atoms with Gasteiger partial charge >= 0.3 is 0 Å². The summed E-state index contributed by atoms with van der Waals surface area (Å²) in [5.41, 5.74) is 21.3. The lowest BCUT2D eigenvalue weighted by atomic mass is 9.80. The second kappa shape index (κ2) is 13.0. The van der Waals surface area contributed by atoms with Crippen LogP contribution in [-0.2, 0) is 5.41 Å². The number of benzene rings is 9. The van der Waals surface area contributed by atoms with E-state index in [4.69, 9.17) is 0 Å². The molecule has 0 amide bonds. The summed E-state index contributed by atoms with van der Waals surface area (Å²) in [6.07, 6.45) is 0. The summed E-state index contributed by atoms with van der Waals surface area (Å²) in [5.74, 6) is 0. The number of rotatable bonds is 5. The van der Waals surface area contributed by atoms with Crippen LogP contribution in [0.4, 0.5) is 0 Å². The highest BCUT2D eigenvalue weighted by atomic mass is 15.0. The van der Waals surface area contributed by atoms with Gasteiger partial charge in [0.15, 0.2) is 0 Å². The first-order chi connectivity index (χ1) is 29.4. The van der Waals surface area contributed by atoms with Crippen LogP contribution in [-0.4, -0.2) is 9.13 Å². The van der Waals surface area contributed by atoms with Crippen molar-refractivity contribution in [2.75, 3.05) is 0 Å². The molecule has 0 unspecified atom stereocenters. The molecular weight excluding hydrogens is 725 g/mol. The third-order valence-corrected chi connectivity index (χ3v) is 13.2. The molecule has 2 aromatic heterocycles. The second-order valence-electron chi connectivity index (χ2n) is 17.1. The molecule has 0 bridgehead atoms. The van der Waals surface area contributed by atoms with Crippen molar-refractivity contribution in [2.24, 2.45) is 0 Å². The predicted molar refractivity (Wildman–Crippen MR) is 254 cm³/mol. The summed E-state index contributed by atoms with van der Waals surface area (Å²) in [6.45, 7) is 6.92. The van der Waals surface area contributed by atoms with E-state index in [2.05, 4.69) is 230 Å². The summed E-state index contributed by atoms with van der Waals surface area (Å²) < 4.78 is 4.77. The Morgan fingerprint density at radius 1 is 0.317 bits per heavy atom. The molecule has 1 aliphatic carbocycles. The van der Waals surface area contributed by atoms with E-state index in [0.717, 1.165) is 0 Å². The van der Waals surface area contributed by atoms with E-state index in [9.17, 15) is 0 Å². The van der Waals surface area contributed by atoms with Crippen molar-refractivity contribution in [3.8, 4) is 55.9 Å². The zero-order valence-corrected chi connectivity index (χ0v) is 33.9. The van der Waals surface area contributed by atoms with Gasteiger partial charge in [0.25, 0.3) is 0 Å². The first-order valence-electron chi connectivity index (χ1n) is 21.0. The van der Waals surface area contributed by atoms with Crippen LogP contribution in [0, 0.1) is 6.92 Å². The number of hydrogen-bond acceptors (Lipinski definition) is 0. The van der Waals surface area contributed by atoms with Gasteiger partial charge in [0, 0.05) is 38.3 Å². The molecule has 0 saturated heterocycles. The van der Waals surface area contributed by atoms with Gasteiger partial charge in [0.05, 0.1) is 22.1 Å². The zero-order chi connectivity index (χ0) is 40.1. The summed E-state index contributed by atoms with van der Waals surface area (Å²) in [4.78, 5) is 0. The van der Waals surface area contributed by atoms with Crippen molar-refractivity contribution in [1.82, 2.24) is 9.13 Å². The monoisotopic (exact) mass is 766 g/mol. The lowest BCUT2D eigenvalue weighted by molar-refractivity contribution is 0.661. The summed E-state index contributed by atoms with van der Waals surface area (Å²) in [5, 5.41) is 5.09. The van der Waals surface area contributed by atoms with Crippen LogP contribution in [0.1, 0.15) is 30.5 Å². The summed E-state index contributed by atoms with van der Waals surface area (Å²) >= 11 is 0. The van der Waals surface area contributed by atoms with E-state index in [1.807, 2.05) is 0 Å². The van der Waals surface area contributed by atoms with Crippen LogP contribution in [0.5, 0.6) is 0 Å². The number of nitrogens with zero attached hydrogens (tertiary/aromatic N) is 2. The van der Waals surface area contributed by atoms with Crippen LogP contribution < -0.4 is 0 Å². The number of aromatic nitrogens is 2. The fraction of sp³-hybridized carbons (Fsp3) is 0.0690. The third kappa shape index (κ3) is 5.20. The number of aryl methyl sites for hydroxylation is 1. The van der Waals surface area contributed by atoms with Gasteiger partial charge in [0.2, 0.25) is 0 Å². The smallest absolute Gasteiger partial charge is 0.0541 e. The summed E-state index contributed by atoms with van der Waals surface area (Å²) in [7, 11) is 0. The van der Waals surface area contributed by atoms with Gasteiger partial charge in [0.1, 0.15) is 0 Å². The van der Waals surface area contributed by atoms with Gasteiger partial charge in [-0.25, -0.2) is 0 Å². The van der Waals surface area contributed by atoms with Crippen molar-refractivity contribution in [2.45, 2.75) is 26.2 Å². The highest BCUT2D eigenvalue weighted by Crippen LogP contribution is 2.51. The number of hydrogen-bond donors (Lipinski definition) is 0. The van der Waals surface area contributed by atoms with Gasteiger partial charge in [-0.3, -0.25) is 0 Å². The first-order valence-corrected chi connectivity index (χ1v) is 21.0. The lowest BCUT2D eigenvalue weighted by Crippen LogP contribution is -2.15. The van der Waals surface area contributed by atoms with Gasteiger partial charge in [-0.05, 0) is 135 Å². The van der Waals surface area contributed by atoms with Crippen LogP contribution in [0.2, 0.25) is 0 Å². The van der Waals surface area contributed by atoms with E-state index in [1.54, 1.807) is 0 Å². The second-order valence-corrected chi connectivity index (χ2v) is 17.1. The van der Waals surface area contributed by atoms with Crippen molar-refractivity contribution < 1.29 is 0 Å². The Kier molecular flexibility index (Phi) is 7.52. The number of fused-ring (bicyclic) bond motifs is 9. The predicted octanol–water partition coefficient (Wildman–Crippen LogP) is 15.5. The SMILES string of the molecule is Cc1ccc(-n2c3ccccc3c3cc(-c4ccc5c(c4)C(C)(C)c4cc(-c6ccc(-c7ccc8c(c7)c7ccccc7n8-c7ccccc7)cc6)ccc4-5)ccc32)cc1. The highest BCUT2D eigenvalue weighted by molar-refractivity contribution is 6.11. The molecule has 1 aliphatic rings. The van der Waals surface area contributed by atoms with Gasteiger partial charge in [-0.2, -0.15) is 0 Å². The standard InChI is InChI=1S/C58H42N2/c1-37-17-27-45(28-18-37)60-55-16-10-8-14-49(55)51-34-41(26-32-57(51)60)43-24-30-47-46-29-23-42(35-52(46)58(2,3)53(47)36-43)39-21-19-38(20-22-39)40-25-31-56-50(33-40)48-13-7-9-15-54(48)59(56)44-11-5-4-6-12-44/h4-36H,1-3H3. The lowest BCUT2D eigenvalue weighted by Gasteiger charge is -2.22. The average Bonchev–Trinajstić information content (AvgIpc) is 3.89. The molecule has 9 aromatic carbocycles. The minimum Gasteiger partial charge on any atom is -0.309 e. The van der Waals surface area contributed by atoms with Gasteiger partial charge in [-0.1, -0.05) is 147 Å². The minimum atomic E-state index is -0.142. The van der Waals surface area contributed by atoms with E-state index < -0.39 is 0 Å². The molecule has 60 heavy (non-hydrogen) atoms. The highest BCUT2D eigenvalue weighted by Gasteiger charge is 2.36. The largest absolute Gasteiger partial charge is 0.309 e. The molecule has 2 heterocycles. The molecule has 2 nitrogen and oxygen atoms in total. The molecule has 11 aromatic rings. The molecule has 2 heteroatoms. The maximum absolute atomic E-state index is 2.44. The minimum absolute atomic E-state index is 0.142. The number of para-hydroxylation sites is 3. The molecule has 0 atom stereocenters. The molecular formula is C58H42N2. The molecule has 0 N–H and O–H groups in total. The fourth-order valence-electron chi connectivity index (χ4n) is 10.1. The van der Waals surface area contributed by atoms with Crippen molar-refractivity contribution >= 4 is 43.6 Å². The van der Waals surface area contributed by atoms with E-state index in [-0.39, 0.29) is 5.41 Å². The Labute approximate surface area is 350 Å². The Morgan fingerprint density at radius 3 is 1.23 bits per heavy atom. The normalized spacial score (nSPS) is 13.1. The van der Waals surface area contributed by atoms with Crippen LogP contribution in [0.3, 0.4) is 0 Å². The van der Waals surface area contributed by atoms with Crippen molar-refractivity contribution in [3.63, 3.8) is 0 Å². The summed E-state index contributed by atoms with van der Waals surface area (Å²) in [6, 6.07) is 74.2. The Morgan fingerprint density at radius 2 is 0.700 bits per heavy atom. The average molecular weight is 767 g/mol. The van der Waals surface area contributed by atoms with E-state index >= 15 is 0 Å². The van der Waals surface area contributed by atoms with Crippen LogP contribution >= 0.6 is 0 Å². The molecule has 0 aliphatic heterocycles. The van der Waals surface area contributed by atoms with E-state index in [0.29, 0.717) is 0 Å². The maximum atomic E-state index is 2.44. The Balaban J connectivity index is 0.868. The van der Waals surface area contributed by atoms with E-state index in [1.165, 1.54) is 116 Å². The fourth-order valence-corrected chi connectivity index (χ4v) is 10.1. The molecule has 0 radical (unpaired) electrons. The van der Waals surface area contributed by atoms with Crippen molar-refractivity contribution in [3.05, 3.63) is 217 Å². The molecule has 284 valence electrons. The molecule has 12 rings (SSSR count). The Bertz CT molecular complexity index is 3490. The topological polar surface area (TPSA) is 9.86 Å². The Hall–Kier alpha value is -7.42. The quantitative estimate of drug-likeness (QED) is 0.165. The van der Waals surface area contributed by atoms with Crippen LogP contribution in [0.15, 0.2) is 200 Å². The van der Waals surface area contributed by atoms with Crippen LogP contribution in [0.25, 0.3) is 99.5 Å².